The van der Waals surface area contributed by atoms with Gasteiger partial charge in [0.05, 0.1) is 0 Å². The minimum atomic E-state index is -1.96. The van der Waals surface area contributed by atoms with Crippen molar-refractivity contribution < 1.29 is 8.85 Å². The van der Waals surface area contributed by atoms with E-state index in [9.17, 15) is 0 Å². The Morgan fingerprint density at radius 1 is 0.593 bits per heavy atom. The van der Waals surface area contributed by atoms with Gasteiger partial charge in [-0.05, 0) is 31.9 Å². The predicted octanol–water partition coefficient (Wildman–Crippen LogP) is 8.78. The lowest BCUT2D eigenvalue weighted by Gasteiger charge is -2.32. The van der Waals surface area contributed by atoms with Gasteiger partial charge in [0.1, 0.15) is 0 Å². The van der Waals surface area contributed by atoms with Crippen LogP contribution in [0.1, 0.15) is 131 Å². The third kappa shape index (κ3) is 15.7. The van der Waals surface area contributed by atoms with Crippen molar-refractivity contribution in [2.75, 3.05) is 6.61 Å². The van der Waals surface area contributed by atoms with Gasteiger partial charge in [0.25, 0.3) is 0 Å². The van der Waals surface area contributed by atoms with E-state index in [1.807, 2.05) is 0 Å². The van der Waals surface area contributed by atoms with Crippen LogP contribution in [0.5, 0.6) is 0 Å². The van der Waals surface area contributed by atoms with Crippen molar-refractivity contribution in [1.82, 2.24) is 0 Å². The highest BCUT2D eigenvalue weighted by atomic mass is 28.4. The van der Waals surface area contributed by atoms with E-state index < -0.39 is 8.56 Å². The summed E-state index contributed by atoms with van der Waals surface area (Å²) in [5.74, 6) is 0. The highest BCUT2D eigenvalue weighted by molar-refractivity contribution is 6.67. The maximum Gasteiger partial charge on any atom is 0.337 e. The van der Waals surface area contributed by atoms with Crippen LogP contribution in [0.15, 0.2) is 0 Å². The van der Waals surface area contributed by atoms with E-state index in [1.165, 1.54) is 96.3 Å². The van der Waals surface area contributed by atoms with Gasteiger partial charge in [-0.3, -0.25) is 0 Å². The molecule has 3 heteroatoms. The molecule has 164 valence electrons. The molecule has 0 spiro atoms. The van der Waals surface area contributed by atoms with Crippen LogP contribution in [0.3, 0.4) is 0 Å². The van der Waals surface area contributed by atoms with Crippen LogP contribution in [0.2, 0.25) is 12.1 Å². The smallest absolute Gasteiger partial charge is 0.337 e. The highest BCUT2D eigenvalue weighted by Crippen LogP contribution is 2.23. The number of hydrogen-bond donors (Lipinski definition) is 0. The summed E-state index contributed by atoms with van der Waals surface area (Å²) in [4.78, 5) is 0. The lowest BCUT2D eigenvalue weighted by Crippen LogP contribution is -2.43. The molecule has 0 N–H and O–H groups in total. The lowest BCUT2D eigenvalue weighted by molar-refractivity contribution is 0.114. The molecule has 0 saturated carbocycles. The lowest BCUT2D eigenvalue weighted by atomic mass is 10.1. The maximum atomic E-state index is 6.46. The first-order chi connectivity index (χ1) is 13.1. The Kier molecular flexibility index (Phi) is 19.6. The van der Waals surface area contributed by atoms with Crippen LogP contribution >= 0.6 is 0 Å². The third-order valence-electron chi connectivity index (χ3n) is 5.82. The predicted molar refractivity (Wildman–Crippen MR) is 124 cm³/mol. The van der Waals surface area contributed by atoms with Crippen molar-refractivity contribution >= 4 is 8.56 Å². The molecule has 0 aromatic carbocycles. The minimum absolute atomic E-state index is 0.360. The van der Waals surface area contributed by atoms with E-state index in [-0.39, 0.29) is 0 Å². The van der Waals surface area contributed by atoms with Crippen molar-refractivity contribution in [1.29, 1.82) is 0 Å². The fourth-order valence-corrected chi connectivity index (χ4v) is 6.45. The average Bonchev–Trinajstić information content (AvgIpc) is 2.69. The van der Waals surface area contributed by atoms with Gasteiger partial charge < -0.3 is 8.85 Å². The zero-order chi connectivity index (χ0) is 20.2. The second-order valence-electron chi connectivity index (χ2n) is 8.43. The van der Waals surface area contributed by atoms with E-state index in [1.54, 1.807) is 0 Å². The minimum Gasteiger partial charge on any atom is -0.394 e. The van der Waals surface area contributed by atoms with Crippen LogP contribution in [0.4, 0.5) is 0 Å². The molecule has 0 fully saturated rings. The molecule has 0 aromatic heterocycles. The van der Waals surface area contributed by atoms with Gasteiger partial charge in [0, 0.05) is 12.7 Å². The van der Waals surface area contributed by atoms with Crippen molar-refractivity contribution in [2.45, 2.75) is 149 Å². The summed E-state index contributed by atoms with van der Waals surface area (Å²) in [6.45, 7) is 12.2. The van der Waals surface area contributed by atoms with Crippen LogP contribution in [0, 0.1) is 0 Å². The van der Waals surface area contributed by atoms with Crippen LogP contribution < -0.4 is 0 Å². The van der Waals surface area contributed by atoms with Gasteiger partial charge in [-0.2, -0.15) is 0 Å². The van der Waals surface area contributed by atoms with Gasteiger partial charge in [0.15, 0.2) is 0 Å². The molecule has 1 atom stereocenters. The molecular formula is C24H52O2Si. The Bertz CT molecular complexity index is 292. The molecule has 0 saturated heterocycles. The molecule has 0 aliphatic heterocycles. The molecule has 0 rings (SSSR count). The average molecular weight is 401 g/mol. The molecule has 0 amide bonds. The zero-order valence-electron chi connectivity index (χ0n) is 19.6. The quantitative estimate of drug-likeness (QED) is 0.141. The molecule has 0 aliphatic carbocycles. The first kappa shape index (κ1) is 27.1. The highest BCUT2D eigenvalue weighted by Gasteiger charge is 2.35. The van der Waals surface area contributed by atoms with Gasteiger partial charge in [-0.15, -0.1) is 0 Å². The van der Waals surface area contributed by atoms with E-state index in [0.717, 1.165) is 18.7 Å². The monoisotopic (exact) mass is 400 g/mol. The summed E-state index contributed by atoms with van der Waals surface area (Å²) < 4.78 is 12.8. The topological polar surface area (TPSA) is 18.5 Å². The van der Waals surface area contributed by atoms with Crippen LogP contribution in [-0.4, -0.2) is 21.3 Å². The molecule has 27 heavy (non-hydrogen) atoms. The van der Waals surface area contributed by atoms with E-state index in [4.69, 9.17) is 8.85 Å². The molecule has 0 heterocycles. The Morgan fingerprint density at radius 3 is 1.48 bits per heavy atom. The summed E-state index contributed by atoms with van der Waals surface area (Å²) >= 11 is 0. The van der Waals surface area contributed by atoms with Crippen molar-refractivity contribution in [3.8, 4) is 0 Å². The zero-order valence-corrected chi connectivity index (χ0v) is 20.6. The SMILES string of the molecule is CCCCCCCCCCCCCCO[Si](CC)(CC)OC(C)CCCC. The summed E-state index contributed by atoms with van der Waals surface area (Å²) in [5, 5.41) is 0. The van der Waals surface area contributed by atoms with Crippen molar-refractivity contribution in [2.24, 2.45) is 0 Å². The summed E-state index contributed by atoms with van der Waals surface area (Å²) in [5.41, 5.74) is 0. The molecule has 0 aromatic rings. The van der Waals surface area contributed by atoms with Crippen LogP contribution in [-0.2, 0) is 8.85 Å². The second-order valence-corrected chi connectivity index (χ2v) is 12.2. The first-order valence-corrected chi connectivity index (χ1v) is 14.7. The summed E-state index contributed by atoms with van der Waals surface area (Å²) in [7, 11) is -1.96. The van der Waals surface area contributed by atoms with Gasteiger partial charge in [-0.1, -0.05) is 111 Å². The largest absolute Gasteiger partial charge is 0.394 e. The standard InChI is InChI=1S/C24H52O2Si/c1-6-10-12-13-14-15-16-17-18-19-20-21-23-25-27(8-3,9-4)26-24(5)22-11-7-2/h24H,6-23H2,1-5H3. The van der Waals surface area contributed by atoms with Gasteiger partial charge in [-0.25, -0.2) is 0 Å². The van der Waals surface area contributed by atoms with Crippen LogP contribution in [0.25, 0.3) is 0 Å². The number of unbranched alkanes of at least 4 members (excludes halogenated alkanes) is 12. The maximum absolute atomic E-state index is 6.46. The third-order valence-corrected chi connectivity index (χ3v) is 9.54. The number of rotatable bonds is 21. The van der Waals surface area contributed by atoms with Gasteiger partial charge >= 0.3 is 8.56 Å². The molecule has 2 nitrogen and oxygen atoms in total. The molecule has 0 bridgehead atoms. The van der Waals surface area contributed by atoms with E-state index >= 15 is 0 Å². The first-order valence-electron chi connectivity index (χ1n) is 12.5. The van der Waals surface area contributed by atoms with Crippen molar-refractivity contribution in [3.63, 3.8) is 0 Å². The molecule has 0 aliphatic rings. The normalized spacial score (nSPS) is 13.2. The fourth-order valence-electron chi connectivity index (χ4n) is 3.77. The Morgan fingerprint density at radius 2 is 1.04 bits per heavy atom. The molecular weight excluding hydrogens is 348 g/mol. The fraction of sp³-hybridized carbons (Fsp3) is 1.00. The second kappa shape index (κ2) is 19.5. The Balaban J connectivity index is 3.66. The Labute approximate surface area is 173 Å². The summed E-state index contributed by atoms with van der Waals surface area (Å²) in [6.07, 6.45) is 20.8. The van der Waals surface area contributed by atoms with Gasteiger partial charge in [0.2, 0.25) is 0 Å². The van der Waals surface area contributed by atoms with E-state index in [0.29, 0.717) is 6.10 Å². The summed E-state index contributed by atoms with van der Waals surface area (Å²) in [6, 6.07) is 2.16. The van der Waals surface area contributed by atoms with Crippen molar-refractivity contribution in [3.05, 3.63) is 0 Å². The number of hydrogen-bond acceptors (Lipinski definition) is 2. The van der Waals surface area contributed by atoms with E-state index in [2.05, 4.69) is 34.6 Å². The Hall–Kier alpha value is 0.137. The molecule has 0 radical (unpaired) electrons. The molecule has 1 unspecified atom stereocenters.